The molecular formula is C37H30N2O6. The molecule has 4 atom stereocenters. The fourth-order valence-electron chi connectivity index (χ4n) is 7.72. The fraction of sp³-hybridized carbons (Fsp3) is 0.216. The number of para-hydroxylation sites is 1. The van der Waals surface area contributed by atoms with E-state index in [2.05, 4.69) is 17.5 Å². The molecule has 1 amide bonds. The molecule has 8 nitrogen and oxygen atoms in total. The Morgan fingerprint density at radius 1 is 0.889 bits per heavy atom. The van der Waals surface area contributed by atoms with Crippen molar-refractivity contribution in [2.75, 3.05) is 24.1 Å². The molecule has 4 heterocycles. The van der Waals surface area contributed by atoms with Gasteiger partial charge in [0.2, 0.25) is 12.7 Å². The molecule has 0 saturated carbocycles. The number of anilines is 2. The number of amides is 1. The van der Waals surface area contributed by atoms with Gasteiger partial charge < -0.3 is 24.4 Å². The second-order valence-corrected chi connectivity index (χ2v) is 12.0. The molecule has 4 aromatic rings. The number of nitrogens with zero attached hydrogens (tertiary/aromatic N) is 1. The van der Waals surface area contributed by atoms with Gasteiger partial charge >= 0.3 is 0 Å². The minimum atomic E-state index is -1.41. The van der Waals surface area contributed by atoms with E-state index < -0.39 is 23.4 Å². The van der Waals surface area contributed by atoms with E-state index in [0.29, 0.717) is 39.6 Å². The van der Waals surface area contributed by atoms with Crippen LogP contribution in [0.15, 0.2) is 91.0 Å². The molecule has 45 heavy (non-hydrogen) atoms. The topological polar surface area (TPSA) is 94.2 Å². The van der Waals surface area contributed by atoms with E-state index in [1.54, 1.807) is 49.6 Å². The summed E-state index contributed by atoms with van der Waals surface area (Å²) < 4.78 is 16.6. The van der Waals surface area contributed by atoms with Crippen LogP contribution in [-0.2, 0) is 10.2 Å². The number of fused-ring (bicyclic) bond motifs is 7. The highest BCUT2D eigenvalue weighted by atomic mass is 16.7. The van der Waals surface area contributed by atoms with Gasteiger partial charge in [-0.05, 0) is 73.5 Å². The first-order chi connectivity index (χ1) is 21.8. The second-order valence-electron chi connectivity index (χ2n) is 12.0. The van der Waals surface area contributed by atoms with E-state index in [1.165, 1.54) is 0 Å². The predicted molar refractivity (Wildman–Crippen MR) is 169 cm³/mol. The highest BCUT2D eigenvalue weighted by Gasteiger charge is 2.70. The number of Topliss-reactive ketones (excluding diaryl/α,β-unsaturated/α-hetero) is 2. The molecule has 0 aromatic heterocycles. The minimum Gasteiger partial charge on any atom is -0.497 e. The normalized spacial score (nSPS) is 23.6. The maximum Gasteiger partial charge on any atom is 0.238 e. The van der Waals surface area contributed by atoms with Gasteiger partial charge in [0.1, 0.15) is 17.2 Å². The number of methoxy groups -OCH3 is 1. The Morgan fingerprint density at radius 3 is 2.53 bits per heavy atom. The molecule has 1 N–H and O–H groups in total. The molecule has 4 aromatic carbocycles. The van der Waals surface area contributed by atoms with Crippen molar-refractivity contribution < 1.29 is 28.6 Å². The summed E-state index contributed by atoms with van der Waals surface area (Å²) in [6.45, 7) is 4.10. The molecule has 8 rings (SSSR count). The zero-order valence-corrected chi connectivity index (χ0v) is 25.0. The van der Waals surface area contributed by atoms with Crippen molar-refractivity contribution in [3.8, 4) is 17.2 Å². The van der Waals surface area contributed by atoms with Crippen LogP contribution in [0.2, 0.25) is 0 Å². The van der Waals surface area contributed by atoms with Crippen LogP contribution >= 0.6 is 0 Å². The van der Waals surface area contributed by atoms with E-state index in [4.69, 9.17) is 14.2 Å². The predicted octanol–water partition coefficient (Wildman–Crippen LogP) is 5.98. The van der Waals surface area contributed by atoms with Crippen molar-refractivity contribution in [1.82, 2.24) is 0 Å². The number of rotatable bonds is 5. The number of aryl methyl sites for hydroxylation is 1. The van der Waals surface area contributed by atoms with Crippen molar-refractivity contribution in [2.45, 2.75) is 31.3 Å². The Kier molecular flexibility index (Phi) is 5.94. The van der Waals surface area contributed by atoms with Gasteiger partial charge in [0.25, 0.3) is 0 Å². The van der Waals surface area contributed by atoms with Crippen LogP contribution in [0, 0.1) is 12.8 Å². The smallest absolute Gasteiger partial charge is 0.238 e. The van der Waals surface area contributed by atoms with Crippen molar-refractivity contribution in [3.05, 3.63) is 119 Å². The number of carbonyl (C=O) groups is 3. The Labute approximate surface area is 260 Å². The van der Waals surface area contributed by atoms with E-state index in [-0.39, 0.29) is 24.3 Å². The number of ether oxygens (including phenoxy) is 3. The average Bonchev–Trinajstić information content (AvgIpc) is 3.73. The van der Waals surface area contributed by atoms with E-state index >= 15 is 4.79 Å². The Morgan fingerprint density at radius 2 is 1.69 bits per heavy atom. The maximum absolute atomic E-state index is 15.1. The van der Waals surface area contributed by atoms with Gasteiger partial charge in [0.15, 0.2) is 23.1 Å². The monoisotopic (exact) mass is 598 g/mol. The van der Waals surface area contributed by atoms with Crippen LogP contribution in [-0.4, -0.2) is 43.5 Å². The first kappa shape index (κ1) is 27.2. The Bertz CT molecular complexity index is 1980. The van der Waals surface area contributed by atoms with E-state index in [1.807, 2.05) is 55.1 Å². The van der Waals surface area contributed by atoms with Crippen LogP contribution in [0.25, 0.3) is 5.57 Å². The first-order valence-corrected chi connectivity index (χ1v) is 14.9. The van der Waals surface area contributed by atoms with Crippen LogP contribution < -0.4 is 24.4 Å². The van der Waals surface area contributed by atoms with Gasteiger partial charge in [-0.2, -0.15) is 0 Å². The summed E-state index contributed by atoms with van der Waals surface area (Å²) in [6, 6.07) is 23.9. The summed E-state index contributed by atoms with van der Waals surface area (Å²) in [6.07, 6.45) is 2.06. The molecule has 0 bridgehead atoms. The van der Waals surface area contributed by atoms with Gasteiger partial charge in [-0.3, -0.25) is 14.4 Å². The largest absolute Gasteiger partial charge is 0.497 e. The average molecular weight is 599 g/mol. The highest BCUT2D eigenvalue weighted by Crippen LogP contribution is 2.59. The summed E-state index contributed by atoms with van der Waals surface area (Å²) in [5.41, 5.74) is 4.49. The first-order valence-electron chi connectivity index (χ1n) is 14.9. The number of hydrogen-bond donors (Lipinski definition) is 1. The van der Waals surface area contributed by atoms with Gasteiger partial charge in [0, 0.05) is 28.1 Å². The molecule has 224 valence electrons. The van der Waals surface area contributed by atoms with Gasteiger partial charge in [-0.1, -0.05) is 48.0 Å². The quantitative estimate of drug-likeness (QED) is 0.283. The second kappa shape index (κ2) is 9.82. The highest BCUT2D eigenvalue weighted by molar-refractivity contribution is 6.18. The summed E-state index contributed by atoms with van der Waals surface area (Å²) in [5.74, 6) is -0.477. The lowest BCUT2D eigenvalue weighted by Crippen LogP contribution is -2.51. The maximum atomic E-state index is 15.1. The molecular weight excluding hydrogens is 568 g/mol. The third-order valence-corrected chi connectivity index (χ3v) is 9.69. The lowest BCUT2D eigenvalue weighted by molar-refractivity contribution is -0.121. The van der Waals surface area contributed by atoms with Crippen molar-refractivity contribution >= 4 is 34.4 Å². The van der Waals surface area contributed by atoms with Crippen LogP contribution in [0.5, 0.6) is 17.2 Å². The number of carbonyl (C=O) groups excluding carboxylic acids is 3. The molecule has 8 heteroatoms. The van der Waals surface area contributed by atoms with Crippen LogP contribution in [0.4, 0.5) is 11.4 Å². The number of hydrogen-bond acceptors (Lipinski definition) is 7. The third kappa shape index (κ3) is 3.75. The molecule has 1 fully saturated rings. The standard InChI is InChI=1S/C37H30N2O6/c1-20-11-13-28-25(15-20)21(2)16-31-37(26-9-4-5-10-27(26)38-36(37)42)32(34(40)23-12-14-29-30(18-23)45-19-44-29)33(39(28)31)35(41)22-7-6-8-24(17-22)43-3/h4-18,31-33H,19H2,1-3H3,(H,38,42)/t31-,32+,33-,37+/m0/s1. The number of allylic oxidation sites excluding steroid dienone is 1. The zero-order valence-electron chi connectivity index (χ0n) is 25.0. The van der Waals surface area contributed by atoms with Crippen LogP contribution in [0.3, 0.4) is 0 Å². The number of ketones is 2. The molecule has 0 unspecified atom stereocenters. The molecule has 1 saturated heterocycles. The number of nitrogens with one attached hydrogen (secondary N) is 1. The lowest BCUT2D eigenvalue weighted by atomic mass is 9.64. The Hall–Kier alpha value is -5.37. The SMILES string of the molecule is COc1cccc(C(=O)[C@@H]2[C@H](C(=O)c3ccc4c(c3)OCO4)[C@]3(C(=O)Nc4ccccc43)[C@@H]3C=C(C)c4cc(C)ccc4N23)c1. The van der Waals surface area contributed by atoms with Crippen molar-refractivity contribution in [1.29, 1.82) is 0 Å². The fourth-order valence-corrected chi connectivity index (χ4v) is 7.72. The van der Waals surface area contributed by atoms with Crippen LogP contribution in [0.1, 0.15) is 44.3 Å². The summed E-state index contributed by atoms with van der Waals surface area (Å²) in [7, 11) is 1.55. The Balaban J connectivity index is 1.43. The van der Waals surface area contributed by atoms with Crippen molar-refractivity contribution in [3.63, 3.8) is 0 Å². The molecule has 1 spiro atoms. The molecule has 4 aliphatic rings. The van der Waals surface area contributed by atoms with Gasteiger partial charge in [-0.15, -0.1) is 0 Å². The van der Waals surface area contributed by atoms with Crippen molar-refractivity contribution in [2.24, 2.45) is 5.92 Å². The van der Waals surface area contributed by atoms with Gasteiger partial charge in [-0.25, -0.2) is 0 Å². The molecule has 0 aliphatic carbocycles. The lowest BCUT2D eigenvalue weighted by Gasteiger charge is -2.39. The van der Waals surface area contributed by atoms with Gasteiger partial charge in [0.05, 0.1) is 19.1 Å². The summed E-state index contributed by atoms with van der Waals surface area (Å²) in [5, 5.41) is 3.08. The number of benzene rings is 4. The third-order valence-electron chi connectivity index (χ3n) is 9.69. The summed E-state index contributed by atoms with van der Waals surface area (Å²) in [4.78, 5) is 46.7. The zero-order chi connectivity index (χ0) is 31.0. The minimum absolute atomic E-state index is 0.0587. The summed E-state index contributed by atoms with van der Waals surface area (Å²) >= 11 is 0. The molecule has 4 aliphatic heterocycles. The molecule has 0 radical (unpaired) electrons. The van der Waals surface area contributed by atoms with E-state index in [0.717, 1.165) is 22.4 Å². The van der Waals surface area contributed by atoms with E-state index in [9.17, 15) is 9.59 Å².